The summed E-state index contributed by atoms with van der Waals surface area (Å²) in [5.74, 6) is 0. The average Bonchev–Trinajstić information content (AvgIpc) is 3.13. The van der Waals surface area contributed by atoms with E-state index in [1.807, 2.05) is 22.1 Å². The zero-order valence-corrected chi connectivity index (χ0v) is 17.9. The molecule has 0 aromatic carbocycles. The van der Waals surface area contributed by atoms with Crippen LogP contribution >= 0.6 is 56.5 Å². The normalized spacial score (nSPS) is 15.1. The van der Waals surface area contributed by atoms with E-state index in [1.165, 1.54) is 10.5 Å². The SMILES string of the molecule is C(=C1/CCCN=C1c1cccnc1)/c1cccs1.CI.CI. The van der Waals surface area contributed by atoms with E-state index in [0.29, 0.717) is 0 Å². The van der Waals surface area contributed by atoms with Crippen LogP contribution in [0.5, 0.6) is 0 Å². The molecule has 118 valence electrons. The van der Waals surface area contributed by atoms with Crippen LogP contribution in [-0.4, -0.2) is 27.1 Å². The van der Waals surface area contributed by atoms with Gasteiger partial charge in [0.15, 0.2) is 0 Å². The van der Waals surface area contributed by atoms with E-state index in [-0.39, 0.29) is 0 Å². The van der Waals surface area contributed by atoms with Gasteiger partial charge in [0.25, 0.3) is 0 Å². The molecule has 0 radical (unpaired) electrons. The van der Waals surface area contributed by atoms with Gasteiger partial charge in [0, 0.05) is 29.4 Å². The molecular weight excluding hydrogens is 518 g/mol. The van der Waals surface area contributed by atoms with Gasteiger partial charge in [-0.3, -0.25) is 9.98 Å². The van der Waals surface area contributed by atoms with Gasteiger partial charge in [-0.05, 0) is 57.9 Å². The molecule has 0 amide bonds. The summed E-state index contributed by atoms with van der Waals surface area (Å²) >= 11 is 6.07. The highest BCUT2D eigenvalue weighted by atomic mass is 127. The van der Waals surface area contributed by atoms with Crippen LogP contribution in [0.3, 0.4) is 0 Å². The topological polar surface area (TPSA) is 25.2 Å². The lowest BCUT2D eigenvalue weighted by Gasteiger charge is -2.15. The summed E-state index contributed by atoms with van der Waals surface area (Å²) < 4.78 is 0. The first-order valence-electron chi connectivity index (χ1n) is 6.88. The Bertz CT molecular complexity index is 578. The van der Waals surface area contributed by atoms with Crippen LogP contribution in [0.1, 0.15) is 23.3 Å². The van der Waals surface area contributed by atoms with Crippen LogP contribution in [0.25, 0.3) is 6.08 Å². The molecule has 0 spiro atoms. The molecule has 0 N–H and O–H groups in total. The smallest absolute Gasteiger partial charge is 0.0694 e. The number of pyridine rings is 1. The number of aliphatic imine (C=N–C) groups is 1. The molecule has 0 saturated carbocycles. The third-order valence-corrected chi connectivity index (χ3v) is 3.79. The molecule has 1 aliphatic heterocycles. The number of thiophene rings is 1. The van der Waals surface area contributed by atoms with Crippen LogP contribution in [0.15, 0.2) is 52.6 Å². The highest BCUT2D eigenvalue weighted by molar-refractivity contribution is 14.1. The Morgan fingerprint density at radius 3 is 2.59 bits per heavy atom. The number of halogens is 2. The molecule has 0 bridgehead atoms. The zero-order chi connectivity index (χ0) is 16.2. The summed E-state index contributed by atoms with van der Waals surface area (Å²) in [5, 5.41) is 2.11. The summed E-state index contributed by atoms with van der Waals surface area (Å²) in [4.78, 5) is 14.1. The van der Waals surface area contributed by atoms with E-state index >= 15 is 0 Å². The number of hydrogen-bond acceptors (Lipinski definition) is 3. The van der Waals surface area contributed by atoms with Gasteiger partial charge in [0.05, 0.1) is 5.71 Å². The largest absolute Gasteiger partial charge is 0.284 e. The Morgan fingerprint density at radius 2 is 1.95 bits per heavy atom. The average molecular weight is 538 g/mol. The number of allylic oxidation sites excluding steroid dienone is 1. The van der Waals surface area contributed by atoms with E-state index in [9.17, 15) is 0 Å². The van der Waals surface area contributed by atoms with E-state index in [0.717, 1.165) is 30.7 Å². The predicted molar refractivity (Wildman–Crippen MR) is 117 cm³/mol. The fraction of sp³-hybridized carbons (Fsp3) is 0.294. The Kier molecular flexibility index (Phi) is 10.9. The highest BCUT2D eigenvalue weighted by Gasteiger charge is 2.14. The molecule has 2 aromatic heterocycles. The molecule has 0 atom stereocenters. The van der Waals surface area contributed by atoms with Crippen LogP contribution in [0, 0.1) is 0 Å². The molecule has 3 rings (SSSR count). The van der Waals surface area contributed by atoms with Crippen molar-refractivity contribution in [2.45, 2.75) is 12.8 Å². The molecule has 0 aliphatic carbocycles. The number of rotatable bonds is 2. The number of nitrogens with zero attached hydrogens (tertiary/aromatic N) is 2. The summed E-state index contributed by atoms with van der Waals surface area (Å²) in [7, 11) is 0. The molecule has 0 fully saturated rings. The van der Waals surface area contributed by atoms with Crippen molar-refractivity contribution in [3.05, 3.63) is 58.1 Å². The van der Waals surface area contributed by atoms with Gasteiger partial charge in [-0.25, -0.2) is 0 Å². The van der Waals surface area contributed by atoms with Crippen LogP contribution < -0.4 is 0 Å². The van der Waals surface area contributed by atoms with Crippen molar-refractivity contribution < 1.29 is 0 Å². The van der Waals surface area contributed by atoms with Crippen molar-refractivity contribution in [3.8, 4) is 0 Å². The monoisotopic (exact) mass is 538 g/mol. The summed E-state index contributed by atoms with van der Waals surface area (Å²) in [5.41, 5.74) is 3.57. The van der Waals surface area contributed by atoms with Gasteiger partial charge in [-0.1, -0.05) is 51.2 Å². The third-order valence-electron chi connectivity index (χ3n) is 2.97. The van der Waals surface area contributed by atoms with E-state index in [4.69, 9.17) is 0 Å². The number of aromatic nitrogens is 1. The van der Waals surface area contributed by atoms with Gasteiger partial charge in [-0.2, -0.15) is 0 Å². The number of alkyl halides is 2. The first-order valence-corrected chi connectivity index (χ1v) is 12.1. The van der Waals surface area contributed by atoms with Crippen LogP contribution in [0.2, 0.25) is 0 Å². The quantitative estimate of drug-likeness (QED) is 0.345. The fourth-order valence-corrected chi connectivity index (χ4v) is 2.83. The van der Waals surface area contributed by atoms with E-state index in [1.54, 1.807) is 17.5 Å². The maximum Gasteiger partial charge on any atom is 0.0694 e. The standard InChI is InChI=1S/C15H14N2S.2CH3I/c1-5-13(11-16-7-1)15-12(4-2-8-17-15)10-14-6-3-9-18-14;2*1-2/h1,3,5-7,9-11H,2,4,8H2;2*1H3/b12-10+;;. The Morgan fingerprint density at radius 1 is 1.14 bits per heavy atom. The first kappa shape index (κ1) is 19.8. The predicted octanol–water partition coefficient (Wildman–Crippen LogP) is 5.91. The molecule has 0 saturated heterocycles. The molecule has 0 unspecified atom stereocenters. The molecule has 2 aromatic rings. The second-order valence-corrected chi connectivity index (χ2v) is 5.24. The Hall–Kier alpha value is -0.280. The molecule has 5 heteroatoms. The van der Waals surface area contributed by atoms with Crippen molar-refractivity contribution in [2.24, 2.45) is 4.99 Å². The second-order valence-electron chi connectivity index (χ2n) is 4.26. The van der Waals surface area contributed by atoms with Gasteiger partial charge in [0.2, 0.25) is 0 Å². The summed E-state index contributed by atoms with van der Waals surface area (Å²) in [6, 6.07) is 8.28. The lowest BCUT2D eigenvalue weighted by atomic mass is 9.96. The third kappa shape index (κ3) is 6.08. The van der Waals surface area contributed by atoms with Gasteiger partial charge < -0.3 is 0 Å². The summed E-state index contributed by atoms with van der Waals surface area (Å²) in [6.45, 7) is 0.923. The minimum atomic E-state index is 0.923. The second kappa shape index (κ2) is 12.2. The Balaban J connectivity index is 0.000000561. The van der Waals surface area contributed by atoms with Crippen LogP contribution in [0.4, 0.5) is 0 Å². The molecular formula is C17H20I2N2S. The molecule has 1 aliphatic rings. The van der Waals surface area contributed by atoms with Crippen molar-refractivity contribution in [1.29, 1.82) is 0 Å². The lowest BCUT2D eigenvalue weighted by molar-refractivity contribution is 0.818. The minimum absolute atomic E-state index is 0.923. The van der Waals surface area contributed by atoms with Gasteiger partial charge in [0.1, 0.15) is 0 Å². The zero-order valence-electron chi connectivity index (χ0n) is 12.8. The fourth-order valence-electron chi connectivity index (χ4n) is 2.15. The lowest BCUT2D eigenvalue weighted by Crippen LogP contribution is -2.11. The number of hydrogen-bond donors (Lipinski definition) is 0. The van der Waals surface area contributed by atoms with Crippen molar-refractivity contribution in [1.82, 2.24) is 4.98 Å². The van der Waals surface area contributed by atoms with Crippen molar-refractivity contribution in [2.75, 3.05) is 16.4 Å². The van der Waals surface area contributed by atoms with E-state index in [2.05, 4.69) is 84.8 Å². The van der Waals surface area contributed by atoms with E-state index < -0.39 is 0 Å². The van der Waals surface area contributed by atoms with Crippen LogP contribution in [-0.2, 0) is 0 Å². The van der Waals surface area contributed by atoms with Gasteiger partial charge >= 0.3 is 0 Å². The van der Waals surface area contributed by atoms with Crippen molar-refractivity contribution in [3.63, 3.8) is 0 Å². The highest BCUT2D eigenvalue weighted by Crippen LogP contribution is 2.23. The maximum atomic E-state index is 4.67. The Labute approximate surface area is 164 Å². The van der Waals surface area contributed by atoms with Gasteiger partial charge in [-0.15, -0.1) is 11.3 Å². The first-order chi connectivity index (χ1) is 10.9. The molecule has 22 heavy (non-hydrogen) atoms. The van der Waals surface area contributed by atoms with Crippen molar-refractivity contribution >= 4 is 68.3 Å². The maximum absolute atomic E-state index is 4.67. The molecule has 3 heterocycles. The summed E-state index contributed by atoms with van der Waals surface area (Å²) in [6.07, 6.45) is 8.20. The molecule has 2 nitrogen and oxygen atoms in total. The minimum Gasteiger partial charge on any atom is -0.284 e.